The van der Waals surface area contributed by atoms with Crippen LogP contribution < -0.4 is 5.32 Å². The van der Waals surface area contributed by atoms with Crippen molar-refractivity contribution in [2.24, 2.45) is 5.92 Å². The molecular weight excluding hydrogens is 246 g/mol. The van der Waals surface area contributed by atoms with Crippen LogP contribution in [0.3, 0.4) is 0 Å². The minimum Gasteiger partial charge on any atom is -0.311 e. The Bertz CT molecular complexity index is 476. The van der Waals surface area contributed by atoms with E-state index in [1.807, 2.05) is 0 Å². The largest absolute Gasteiger partial charge is 0.311 e. The Labute approximate surface area is 122 Å². The molecule has 2 saturated heterocycles. The Balaban J connectivity index is 1.57. The van der Waals surface area contributed by atoms with Gasteiger partial charge in [0.05, 0.1) is 0 Å². The zero-order valence-corrected chi connectivity index (χ0v) is 12.6. The van der Waals surface area contributed by atoms with E-state index < -0.39 is 0 Å². The summed E-state index contributed by atoms with van der Waals surface area (Å²) in [5.74, 6) is 1.04. The van der Waals surface area contributed by atoms with Crippen molar-refractivity contribution in [3.05, 3.63) is 34.9 Å². The van der Waals surface area contributed by atoms with Crippen molar-refractivity contribution < 1.29 is 4.79 Å². The number of aryl methyl sites for hydroxylation is 2. The van der Waals surface area contributed by atoms with Crippen LogP contribution in [0, 0.1) is 19.8 Å². The molecule has 0 spiro atoms. The maximum atomic E-state index is 12.3. The molecule has 2 fully saturated rings. The van der Waals surface area contributed by atoms with Crippen molar-refractivity contribution >= 4 is 5.78 Å². The summed E-state index contributed by atoms with van der Waals surface area (Å²) >= 11 is 0. The van der Waals surface area contributed by atoms with Gasteiger partial charge in [0.25, 0.3) is 0 Å². The summed E-state index contributed by atoms with van der Waals surface area (Å²) in [5, 5.41) is 3.65. The minimum atomic E-state index is 0.418. The van der Waals surface area contributed by atoms with E-state index in [2.05, 4.69) is 37.4 Å². The highest BCUT2D eigenvalue weighted by Gasteiger charge is 2.33. The second-order valence-electron chi connectivity index (χ2n) is 6.89. The highest BCUT2D eigenvalue weighted by molar-refractivity contribution is 5.81. The van der Waals surface area contributed by atoms with Gasteiger partial charge in [-0.05, 0) is 51.0 Å². The number of benzene rings is 1. The zero-order valence-electron chi connectivity index (χ0n) is 12.6. The SMILES string of the molecule is Cc1cc(C)cc(CC(=O)CC2CC3CCC(C2)N3)c1. The van der Waals surface area contributed by atoms with E-state index in [1.165, 1.54) is 42.4 Å². The van der Waals surface area contributed by atoms with Crippen LogP contribution in [0.4, 0.5) is 0 Å². The quantitative estimate of drug-likeness (QED) is 0.910. The molecule has 0 saturated carbocycles. The van der Waals surface area contributed by atoms with Crippen LogP contribution in [0.5, 0.6) is 0 Å². The van der Waals surface area contributed by atoms with Crippen molar-refractivity contribution in [1.29, 1.82) is 0 Å². The van der Waals surface area contributed by atoms with E-state index in [0.717, 1.165) is 6.42 Å². The Kier molecular flexibility index (Phi) is 3.93. The van der Waals surface area contributed by atoms with Crippen LogP contribution in [0.1, 0.15) is 48.8 Å². The first-order valence-electron chi connectivity index (χ1n) is 7.93. The van der Waals surface area contributed by atoms with Crippen molar-refractivity contribution in [2.75, 3.05) is 0 Å². The van der Waals surface area contributed by atoms with Gasteiger partial charge in [-0.25, -0.2) is 0 Å². The number of carbonyl (C=O) groups is 1. The van der Waals surface area contributed by atoms with E-state index in [4.69, 9.17) is 0 Å². The molecule has 2 nitrogen and oxygen atoms in total. The lowest BCUT2D eigenvalue weighted by Crippen LogP contribution is -2.38. The highest BCUT2D eigenvalue weighted by Crippen LogP contribution is 2.33. The Morgan fingerprint density at radius 3 is 2.30 bits per heavy atom. The second-order valence-corrected chi connectivity index (χ2v) is 6.89. The fourth-order valence-electron chi connectivity index (χ4n) is 4.13. The number of hydrogen-bond donors (Lipinski definition) is 1. The number of piperidine rings is 1. The molecule has 2 heteroatoms. The van der Waals surface area contributed by atoms with Gasteiger partial charge < -0.3 is 5.32 Å². The van der Waals surface area contributed by atoms with Gasteiger partial charge in [0.2, 0.25) is 0 Å². The maximum Gasteiger partial charge on any atom is 0.137 e. The van der Waals surface area contributed by atoms with E-state index in [-0.39, 0.29) is 0 Å². The van der Waals surface area contributed by atoms with Gasteiger partial charge in [-0.3, -0.25) is 4.79 Å². The fraction of sp³-hybridized carbons (Fsp3) is 0.611. The van der Waals surface area contributed by atoms with Crippen LogP contribution >= 0.6 is 0 Å². The summed E-state index contributed by atoms with van der Waals surface area (Å²) in [6.07, 6.45) is 6.42. The molecule has 0 radical (unpaired) electrons. The summed E-state index contributed by atoms with van der Waals surface area (Å²) < 4.78 is 0. The lowest BCUT2D eigenvalue weighted by molar-refractivity contribution is -0.119. The first-order valence-corrected chi connectivity index (χ1v) is 7.93. The smallest absolute Gasteiger partial charge is 0.137 e. The number of Topliss-reactive ketones (excluding diaryl/α,β-unsaturated/α-hetero) is 1. The fourth-order valence-corrected chi connectivity index (χ4v) is 4.13. The summed E-state index contributed by atoms with van der Waals surface area (Å²) in [7, 11) is 0. The first kappa shape index (κ1) is 13.8. The van der Waals surface area contributed by atoms with Gasteiger partial charge in [0, 0.05) is 24.9 Å². The lowest BCUT2D eigenvalue weighted by atomic mass is 9.87. The van der Waals surface area contributed by atoms with Gasteiger partial charge in [0.1, 0.15) is 5.78 Å². The van der Waals surface area contributed by atoms with Crippen molar-refractivity contribution in [1.82, 2.24) is 5.32 Å². The third-order valence-electron chi connectivity index (χ3n) is 4.77. The summed E-state index contributed by atoms with van der Waals surface area (Å²) in [5.41, 5.74) is 3.70. The maximum absolute atomic E-state index is 12.3. The first-order chi connectivity index (χ1) is 9.58. The molecule has 1 N–H and O–H groups in total. The number of nitrogens with one attached hydrogen (secondary N) is 1. The molecule has 1 aromatic rings. The van der Waals surface area contributed by atoms with E-state index in [9.17, 15) is 4.79 Å². The summed E-state index contributed by atoms with van der Waals surface area (Å²) in [4.78, 5) is 12.3. The molecule has 2 aliphatic heterocycles. The predicted molar refractivity (Wildman–Crippen MR) is 81.9 cm³/mol. The number of fused-ring (bicyclic) bond motifs is 2. The van der Waals surface area contributed by atoms with Crippen LogP contribution in [0.25, 0.3) is 0 Å². The average Bonchev–Trinajstić information content (AvgIpc) is 2.67. The molecule has 20 heavy (non-hydrogen) atoms. The summed E-state index contributed by atoms with van der Waals surface area (Å²) in [6, 6.07) is 7.84. The van der Waals surface area contributed by atoms with Gasteiger partial charge >= 0.3 is 0 Å². The summed E-state index contributed by atoms with van der Waals surface area (Å²) in [6.45, 7) is 4.21. The number of ketones is 1. The number of hydrogen-bond acceptors (Lipinski definition) is 2. The van der Waals surface area contributed by atoms with Crippen molar-refractivity contribution in [3.8, 4) is 0 Å². The topological polar surface area (TPSA) is 29.1 Å². The molecule has 0 aliphatic carbocycles. The molecule has 108 valence electrons. The monoisotopic (exact) mass is 271 g/mol. The lowest BCUT2D eigenvalue weighted by Gasteiger charge is -2.28. The molecule has 1 aromatic carbocycles. The molecule has 2 aliphatic rings. The van der Waals surface area contributed by atoms with Crippen LogP contribution in [-0.4, -0.2) is 17.9 Å². The molecular formula is C18H25NO. The minimum absolute atomic E-state index is 0.418. The van der Waals surface area contributed by atoms with E-state index in [0.29, 0.717) is 30.2 Å². The molecule has 2 unspecified atom stereocenters. The van der Waals surface area contributed by atoms with E-state index in [1.54, 1.807) is 0 Å². The average molecular weight is 271 g/mol. The standard InChI is InChI=1S/C18H25NO/c1-12-5-13(2)7-14(6-12)10-18(20)11-15-8-16-3-4-17(9-15)19-16/h5-7,15-17,19H,3-4,8-11H2,1-2H3. The molecule has 2 heterocycles. The van der Waals surface area contributed by atoms with Gasteiger partial charge in [-0.1, -0.05) is 29.3 Å². The normalized spacial score (nSPS) is 28.6. The third-order valence-corrected chi connectivity index (χ3v) is 4.77. The molecule has 2 bridgehead atoms. The van der Waals surface area contributed by atoms with Gasteiger partial charge in [-0.15, -0.1) is 0 Å². The zero-order chi connectivity index (χ0) is 14.1. The van der Waals surface area contributed by atoms with Crippen LogP contribution in [0.15, 0.2) is 18.2 Å². The Morgan fingerprint density at radius 1 is 1.10 bits per heavy atom. The molecule has 3 rings (SSSR count). The van der Waals surface area contributed by atoms with E-state index >= 15 is 0 Å². The Morgan fingerprint density at radius 2 is 1.70 bits per heavy atom. The number of rotatable bonds is 4. The van der Waals surface area contributed by atoms with Gasteiger partial charge in [-0.2, -0.15) is 0 Å². The third kappa shape index (κ3) is 3.29. The molecule has 0 amide bonds. The van der Waals surface area contributed by atoms with Gasteiger partial charge in [0.15, 0.2) is 0 Å². The highest BCUT2D eigenvalue weighted by atomic mass is 16.1. The molecule has 2 atom stereocenters. The van der Waals surface area contributed by atoms with Crippen LogP contribution in [0.2, 0.25) is 0 Å². The second kappa shape index (κ2) is 5.69. The van der Waals surface area contributed by atoms with Crippen LogP contribution in [-0.2, 0) is 11.2 Å². The number of carbonyl (C=O) groups excluding carboxylic acids is 1. The molecule has 0 aromatic heterocycles. The van der Waals surface area contributed by atoms with Crippen molar-refractivity contribution in [2.45, 2.75) is 64.5 Å². The Hall–Kier alpha value is -1.15. The predicted octanol–water partition coefficient (Wildman–Crippen LogP) is 3.34. The van der Waals surface area contributed by atoms with Crippen molar-refractivity contribution in [3.63, 3.8) is 0 Å².